The maximum absolute atomic E-state index is 14.0. The molecular weight excluding hydrogens is 1300 g/mol. The van der Waals surface area contributed by atoms with Gasteiger partial charge >= 0.3 is 5.97 Å². The number of ketones is 1. The molecular formula is C85H136F4N8O6. The lowest BCUT2D eigenvalue weighted by Gasteiger charge is -2.47. The highest BCUT2D eigenvalue weighted by atomic mass is 19.1. The summed E-state index contributed by atoms with van der Waals surface area (Å²) < 4.78 is 53.9. The van der Waals surface area contributed by atoms with Gasteiger partial charge in [-0.2, -0.15) is 0 Å². The number of likely N-dealkylation sites (tertiary alicyclic amines) is 2. The summed E-state index contributed by atoms with van der Waals surface area (Å²) in [6.45, 7) is 34.8. The number of carbonyl (C=O) groups excluding carboxylic acids is 4. The van der Waals surface area contributed by atoms with Crippen molar-refractivity contribution in [2.75, 3.05) is 26.2 Å². The molecule has 13 rings (SSSR count). The van der Waals surface area contributed by atoms with Crippen LogP contribution in [0.3, 0.4) is 0 Å². The Morgan fingerprint density at radius 3 is 0.893 bits per heavy atom. The zero-order valence-corrected chi connectivity index (χ0v) is 66.3. The molecule has 6 unspecified atom stereocenters. The molecule has 3 amide bonds. The molecule has 0 spiro atoms. The molecule has 6 bridgehead atoms. The van der Waals surface area contributed by atoms with E-state index in [-0.39, 0.29) is 67.1 Å². The molecule has 14 nitrogen and oxygen atoms in total. The highest BCUT2D eigenvalue weighted by Gasteiger charge is 2.57. The third-order valence-corrected chi connectivity index (χ3v) is 25.8. The Balaban J connectivity index is 0.000000150. The van der Waals surface area contributed by atoms with Gasteiger partial charge in [0.2, 0.25) is 17.7 Å². The van der Waals surface area contributed by atoms with Crippen LogP contribution in [0.15, 0.2) is 36.4 Å². The van der Waals surface area contributed by atoms with Crippen molar-refractivity contribution in [3.05, 3.63) is 70.8 Å². The lowest BCUT2D eigenvalue weighted by molar-refractivity contribution is -0.142. The molecule has 0 aromatic heterocycles. The summed E-state index contributed by atoms with van der Waals surface area (Å²) in [6, 6.07) is 10.5. The van der Waals surface area contributed by atoms with Crippen molar-refractivity contribution in [2.45, 2.75) is 360 Å². The predicted molar refractivity (Wildman–Crippen MR) is 404 cm³/mol. The molecule has 2 aromatic rings. The van der Waals surface area contributed by atoms with Gasteiger partial charge in [-0.15, -0.1) is 0 Å². The van der Waals surface area contributed by atoms with Gasteiger partial charge in [-0.1, -0.05) is 69.9 Å². The largest absolute Gasteiger partial charge is 0.481 e. The topological polar surface area (TPSA) is 184 Å². The second-order valence-electron chi connectivity index (χ2n) is 39.1. The number of benzene rings is 2. The van der Waals surface area contributed by atoms with Gasteiger partial charge in [0.15, 0.2) is 0 Å². The fourth-order valence-electron chi connectivity index (χ4n) is 20.6. The summed E-state index contributed by atoms with van der Waals surface area (Å²) >= 11 is 0. The van der Waals surface area contributed by atoms with E-state index in [0.29, 0.717) is 103 Å². The lowest BCUT2D eigenvalue weighted by atomic mass is 9.61. The first-order valence-corrected chi connectivity index (χ1v) is 40.5. The Kier molecular flexibility index (Phi) is 26.9. The summed E-state index contributed by atoms with van der Waals surface area (Å²) in [5, 5.41) is 30.5. The van der Waals surface area contributed by atoms with Crippen molar-refractivity contribution < 1.29 is 46.6 Å². The van der Waals surface area contributed by atoms with Crippen LogP contribution in [0.4, 0.5) is 17.6 Å². The highest BCUT2D eigenvalue weighted by Crippen LogP contribution is 2.54. The predicted octanol–water partition coefficient (Wildman–Crippen LogP) is 16.4. The number of carboxylic acid groups (broad SMARTS) is 1. The number of nitrogens with one attached hydrogen (secondary N) is 6. The van der Waals surface area contributed by atoms with Crippen molar-refractivity contribution in [3.63, 3.8) is 0 Å². The number of carbonyl (C=O) groups is 5. The van der Waals surface area contributed by atoms with Gasteiger partial charge in [0.05, 0.1) is 22.2 Å². The number of piperidine rings is 3. The average Bonchev–Trinajstić information content (AvgIpc) is 1.75. The van der Waals surface area contributed by atoms with Crippen LogP contribution in [0.25, 0.3) is 0 Å². The quantitative estimate of drug-likeness (QED) is 0.112. The van der Waals surface area contributed by atoms with E-state index in [1.54, 1.807) is 6.92 Å². The first-order valence-electron chi connectivity index (χ1n) is 40.5. The van der Waals surface area contributed by atoms with Crippen LogP contribution < -0.4 is 31.9 Å². The normalized spacial score (nSPS) is 32.3. The Labute approximate surface area is 617 Å². The first-order chi connectivity index (χ1) is 48.1. The van der Waals surface area contributed by atoms with E-state index in [2.05, 4.69) is 120 Å². The molecule has 11 fully saturated rings. The van der Waals surface area contributed by atoms with Crippen molar-refractivity contribution in [2.24, 2.45) is 45.8 Å². The number of carboxylic acids is 1. The standard InChI is InChI=1S/3C18H32N2O.C16H21F2NO.C15H19F2NO2/c3*1-17(2,3)20-16(21)18(13-7-5-4-6-8-13)11-14-9-10-15(12-18)19-14;1-10(20)13-8-19(16(2,3)4)9-14(13)12-6-5-11(17)7-15(12)18;1-15(2,3)18-7-11(12(8-18)14(19)20)10-5-4-9(16)6-13(10)17/h3*13-15,19H,4-12H2,1-3H3,(H,20,21);5-7,13-14H,8-9H2,1-4H3;4-6,11-12H,7-8H2,1-3H3,(H,19,20)/t;;;13-,14-;11-,12+/m...00/s1. The molecule has 580 valence electrons. The first kappa shape index (κ1) is 82.6. The smallest absolute Gasteiger partial charge is 0.308 e. The molecule has 7 N–H and O–H groups in total. The number of amides is 3. The van der Waals surface area contributed by atoms with Gasteiger partial charge in [-0.05, 0) is 267 Å². The Morgan fingerprint density at radius 2 is 0.660 bits per heavy atom. The van der Waals surface area contributed by atoms with Crippen molar-refractivity contribution in [3.8, 4) is 0 Å². The number of Topliss-reactive ketones (excluding diaryl/α,β-unsaturated/α-hetero) is 1. The Morgan fingerprint density at radius 1 is 0.398 bits per heavy atom. The molecule has 8 saturated heterocycles. The van der Waals surface area contributed by atoms with E-state index in [1.807, 2.05) is 25.7 Å². The summed E-state index contributed by atoms with van der Waals surface area (Å²) in [4.78, 5) is 67.1. The highest BCUT2D eigenvalue weighted by molar-refractivity contribution is 5.85. The van der Waals surface area contributed by atoms with Crippen LogP contribution in [0.2, 0.25) is 0 Å². The van der Waals surface area contributed by atoms with Gasteiger partial charge < -0.3 is 37.0 Å². The van der Waals surface area contributed by atoms with Gasteiger partial charge in [0.25, 0.3) is 0 Å². The molecule has 3 aliphatic carbocycles. The minimum absolute atomic E-state index is 0.0606. The van der Waals surface area contributed by atoms with Crippen molar-refractivity contribution in [1.82, 2.24) is 41.7 Å². The van der Waals surface area contributed by atoms with E-state index >= 15 is 0 Å². The molecule has 11 aliphatic rings. The number of nitrogens with zero attached hydrogens (tertiary/aromatic N) is 2. The van der Waals surface area contributed by atoms with Gasteiger partial charge in [-0.3, -0.25) is 33.8 Å². The van der Waals surface area contributed by atoms with Crippen LogP contribution in [-0.2, 0) is 24.0 Å². The fraction of sp³-hybridized carbons (Fsp3) is 0.800. The van der Waals surface area contributed by atoms with Crippen LogP contribution in [0, 0.1) is 69.1 Å². The SMILES string of the molecule is CC(=O)[C@@H]1CN(C(C)(C)C)C[C@H]1c1ccc(F)cc1F.CC(C)(C)N1C[C@@H](C(=O)O)[C@H](c2ccc(F)cc2F)C1.CC(C)(C)NC(=O)C1(C2CCCCC2)CC2CCC(C1)N2.CC(C)(C)NC(=O)C1(C2CCCCC2)CC2CCC(C1)N2.CC(C)(C)NC(=O)C1(C2CCCCC2)CC2CCC(C1)N2. The number of hydrogen-bond acceptors (Lipinski definition) is 10. The second-order valence-corrected chi connectivity index (χ2v) is 39.1. The molecule has 0 radical (unpaired) electrons. The maximum Gasteiger partial charge on any atom is 0.308 e. The summed E-state index contributed by atoms with van der Waals surface area (Å²) in [6.07, 6.45) is 33.5. The van der Waals surface area contributed by atoms with Gasteiger partial charge in [0, 0.05) is 120 Å². The molecule has 2 aromatic carbocycles. The van der Waals surface area contributed by atoms with Crippen LogP contribution in [-0.4, -0.2) is 135 Å². The van der Waals surface area contributed by atoms with E-state index in [0.717, 1.165) is 50.7 Å². The monoisotopic (exact) mass is 1440 g/mol. The van der Waals surface area contributed by atoms with Gasteiger partial charge in [-0.25, -0.2) is 17.6 Å². The summed E-state index contributed by atoms with van der Waals surface area (Å²) in [7, 11) is 0. The Bertz CT molecular complexity index is 2890. The zero-order valence-electron chi connectivity index (χ0n) is 66.3. The van der Waals surface area contributed by atoms with Gasteiger partial charge in [0.1, 0.15) is 29.1 Å². The minimum atomic E-state index is -0.939. The number of aliphatic carboxylic acids is 1. The van der Waals surface area contributed by atoms with E-state index in [4.69, 9.17) is 0 Å². The van der Waals surface area contributed by atoms with Crippen molar-refractivity contribution in [1.29, 1.82) is 0 Å². The second kappa shape index (κ2) is 33.6. The maximum atomic E-state index is 14.0. The number of halogens is 4. The van der Waals surface area contributed by atoms with Crippen LogP contribution in [0.1, 0.15) is 307 Å². The third kappa shape index (κ3) is 21.1. The molecule has 8 aliphatic heterocycles. The minimum Gasteiger partial charge on any atom is -0.481 e. The zero-order chi connectivity index (χ0) is 75.4. The third-order valence-electron chi connectivity index (χ3n) is 25.8. The average molecular weight is 1440 g/mol. The molecule has 18 heteroatoms. The lowest BCUT2D eigenvalue weighted by Crippen LogP contribution is -2.58. The van der Waals surface area contributed by atoms with E-state index in [1.165, 1.54) is 159 Å². The summed E-state index contributed by atoms with van der Waals surface area (Å²) in [5.41, 5.74) is -0.171. The molecule has 10 atom stereocenters. The number of hydrogen-bond donors (Lipinski definition) is 7. The molecule has 3 saturated carbocycles. The van der Waals surface area contributed by atoms with Crippen LogP contribution >= 0.6 is 0 Å². The summed E-state index contributed by atoms with van der Waals surface area (Å²) in [5.74, 6) is -2.02. The fourth-order valence-corrected chi connectivity index (χ4v) is 20.6. The van der Waals surface area contributed by atoms with E-state index in [9.17, 15) is 46.6 Å². The molecule has 8 heterocycles. The number of fused-ring (bicyclic) bond motifs is 6. The number of rotatable bonds is 10. The van der Waals surface area contributed by atoms with Crippen LogP contribution in [0.5, 0.6) is 0 Å². The van der Waals surface area contributed by atoms with E-state index < -0.39 is 41.1 Å². The Hall–Kier alpha value is -4.49. The van der Waals surface area contributed by atoms with Crippen molar-refractivity contribution >= 4 is 29.5 Å². The molecule has 103 heavy (non-hydrogen) atoms.